The van der Waals surface area contributed by atoms with Gasteiger partial charge >= 0.3 is 0 Å². The van der Waals surface area contributed by atoms with E-state index in [0.717, 1.165) is 34.7 Å². The van der Waals surface area contributed by atoms with E-state index in [1.54, 1.807) is 43.3 Å². The summed E-state index contributed by atoms with van der Waals surface area (Å²) >= 11 is 6.27. The first-order valence-corrected chi connectivity index (χ1v) is 16.6. The third-order valence-electron chi connectivity index (χ3n) is 6.81. The van der Waals surface area contributed by atoms with E-state index in [9.17, 15) is 21.6 Å². The molecule has 220 valence electrons. The zero-order valence-corrected chi connectivity index (χ0v) is 25.4. The molecule has 1 aliphatic rings. The second-order valence-corrected chi connectivity index (χ2v) is 14.1. The number of sulfonamides is 2. The zero-order chi connectivity index (χ0) is 29.6. The number of nitrogens with one attached hydrogen (secondary N) is 1. The summed E-state index contributed by atoms with van der Waals surface area (Å²) in [5, 5.41) is 3.07. The first-order chi connectivity index (χ1) is 19.5. The van der Waals surface area contributed by atoms with E-state index in [1.807, 2.05) is 6.92 Å². The molecule has 1 fully saturated rings. The summed E-state index contributed by atoms with van der Waals surface area (Å²) in [4.78, 5) is 13.1. The minimum absolute atomic E-state index is 0.0571. The van der Waals surface area contributed by atoms with Gasteiger partial charge in [0.15, 0.2) is 0 Å². The van der Waals surface area contributed by atoms with E-state index in [2.05, 4.69) is 5.32 Å². The van der Waals surface area contributed by atoms with Crippen molar-refractivity contribution in [3.05, 3.63) is 82.9 Å². The third kappa shape index (κ3) is 7.59. The molecule has 4 rings (SSSR count). The van der Waals surface area contributed by atoms with Gasteiger partial charge in [-0.2, -0.15) is 4.31 Å². The van der Waals surface area contributed by atoms with Gasteiger partial charge in [0.05, 0.1) is 22.0 Å². The van der Waals surface area contributed by atoms with E-state index in [4.69, 9.17) is 16.3 Å². The number of nitrogens with zero attached hydrogens (tertiary/aromatic N) is 2. The summed E-state index contributed by atoms with van der Waals surface area (Å²) in [6, 6.07) is 17.4. The molecule has 0 aromatic heterocycles. The number of aryl methyl sites for hydroxylation is 2. The van der Waals surface area contributed by atoms with Crippen molar-refractivity contribution in [2.24, 2.45) is 0 Å². The lowest BCUT2D eigenvalue weighted by Crippen LogP contribution is -2.42. The molecule has 1 heterocycles. The Hall–Kier alpha value is -3.12. The molecule has 1 saturated heterocycles. The minimum Gasteiger partial charge on any atom is -0.492 e. The molecule has 0 spiro atoms. The number of rotatable bonds is 11. The number of ether oxygens (including phenoxy) is 1. The van der Waals surface area contributed by atoms with Crippen LogP contribution in [0.15, 0.2) is 76.5 Å². The maximum Gasteiger partial charge on any atom is 0.264 e. The average Bonchev–Trinajstić information content (AvgIpc) is 2.96. The van der Waals surface area contributed by atoms with Crippen LogP contribution in [-0.4, -0.2) is 59.8 Å². The van der Waals surface area contributed by atoms with E-state index in [1.165, 1.54) is 34.6 Å². The van der Waals surface area contributed by atoms with Crippen LogP contribution in [0.2, 0.25) is 5.02 Å². The Balaban J connectivity index is 1.37. The van der Waals surface area contributed by atoms with Crippen molar-refractivity contribution in [2.45, 2.75) is 42.9 Å². The van der Waals surface area contributed by atoms with Gasteiger partial charge < -0.3 is 10.1 Å². The van der Waals surface area contributed by atoms with E-state index in [0.29, 0.717) is 23.9 Å². The second-order valence-electron chi connectivity index (χ2n) is 9.89. The maximum absolute atomic E-state index is 13.5. The van der Waals surface area contributed by atoms with Crippen molar-refractivity contribution in [1.29, 1.82) is 0 Å². The van der Waals surface area contributed by atoms with Gasteiger partial charge in [0.1, 0.15) is 18.9 Å². The number of benzene rings is 3. The van der Waals surface area contributed by atoms with E-state index < -0.39 is 32.5 Å². The standard InChI is InChI=1S/C29H34ClN3O6S2/c1-22-6-12-27(13-7-22)41(37,38)33(24-9-8-23(2)28(30)20-24)21-29(34)31-16-19-39-25-10-14-26(15-11-25)40(35,36)32-17-4-3-5-18-32/h6-15,20H,3-5,16-19,21H2,1-2H3,(H,31,34). The quantitative estimate of drug-likeness (QED) is 0.316. The van der Waals surface area contributed by atoms with Crippen LogP contribution in [0.25, 0.3) is 0 Å². The number of carbonyl (C=O) groups is 1. The first kappa shape index (κ1) is 30.8. The fourth-order valence-corrected chi connectivity index (χ4v) is 7.50. The Morgan fingerprint density at radius 1 is 0.902 bits per heavy atom. The predicted molar refractivity (Wildman–Crippen MR) is 159 cm³/mol. The van der Waals surface area contributed by atoms with Gasteiger partial charge in [0.25, 0.3) is 10.0 Å². The van der Waals surface area contributed by atoms with E-state index in [-0.39, 0.29) is 28.6 Å². The molecule has 0 aliphatic carbocycles. The molecular weight excluding hydrogens is 586 g/mol. The molecule has 41 heavy (non-hydrogen) atoms. The van der Waals surface area contributed by atoms with Gasteiger partial charge in [-0.25, -0.2) is 16.8 Å². The van der Waals surface area contributed by atoms with Crippen LogP contribution in [0.4, 0.5) is 5.69 Å². The lowest BCUT2D eigenvalue weighted by atomic mass is 10.2. The van der Waals surface area contributed by atoms with E-state index >= 15 is 0 Å². The van der Waals surface area contributed by atoms with Crippen molar-refractivity contribution in [2.75, 3.05) is 37.1 Å². The van der Waals surface area contributed by atoms with Crippen molar-refractivity contribution in [3.8, 4) is 5.75 Å². The molecule has 9 nitrogen and oxygen atoms in total. The molecule has 0 radical (unpaired) electrons. The van der Waals surface area contributed by atoms with Crippen LogP contribution in [-0.2, 0) is 24.8 Å². The lowest BCUT2D eigenvalue weighted by molar-refractivity contribution is -0.119. The van der Waals surface area contributed by atoms with Gasteiger partial charge in [-0.15, -0.1) is 0 Å². The van der Waals surface area contributed by atoms with Crippen molar-refractivity contribution in [1.82, 2.24) is 9.62 Å². The highest BCUT2D eigenvalue weighted by Crippen LogP contribution is 2.28. The Labute approximate surface area is 247 Å². The van der Waals surface area contributed by atoms with Crippen molar-refractivity contribution in [3.63, 3.8) is 0 Å². The third-order valence-corrected chi connectivity index (χ3v) is 10.9. The summed E-state index contributed by atoms with van der Waals surface area (Å²) < 4.78 is 60.9. The Kier molecular flexibility index (Phi) is 9.96. The number of hydrogen-bond donors (Lipinski definition) is 1. The molecule has 0 saturated carbocycles. The fourth-order valence-electron chi connectivity index (χ4n) is 4.40. The van der Waals surface area contributed by atoms with Crippen LogP contribution in [0.1, 0.15) is 30.4 Å². The van der Waals surface area contributed by atoms with Crippen LogP contribution in [0, 0.1) is 13.8 Å². The Morgan fingerprint density at radius 3 is 2.17 bits per heavy atom. The number of piperidine rings is 1. The van der Waals surface area contributed by atoms with Crippen LogP contribution >= 0.6 is 11.6 Å². The molecular formula is C29H34ClN3O6S2. The zero-order valence-electron chi connectivity index (χ0n) is 23.0. The average molecular weight is 620 g/mol. The number of hydrogen-bond acceptors (Lipinski definition) is 6. The summed E-state index contributed by atoms with van der Waals surface area (Å²) in [5.74, 6) is -0.0707. The molecule has 1 N–H and O–H groups in total. The van der Waals surface area contributed by atoms with Gasteiger partial charge in [0, 0.05) is 18.1 Å². The van der Waals surface area contributed by atoms with Gasteiger partial charge in [0.2, 0.25) is 15.9 Å². The molecule has 0 unspecified atom stereocenters. The first-order valence-electron chi connectivity index (χ1n) is 13.3. The molecule has 0 bridgehead atoms. The summed E-state index contributed by atoms with van der Waals surface area (Å²) in [7, 11) is -7.59. The molecule has 3 aromatic rings. The van der Waals surface area contributed by atoms with Crippen molar-refractivity contribution >= 4 is 43.2 Å². The SMILES string of the molecule is Cc1ccc(S(=O)(=O)N(CC(=O)NCCOc2ccc(S(=O)(=O)N3CCCCC3)cc2)c2ccc(C)c(Cl)c2)cc1. The van der Waals surface area contributed by atoms with Gasteiger partial charge in [-0.3, -0.25) is 9.10 Å². The van der Waals surface area contributed by atoms with Gasteiger partial charge in [-0.05, 0) is 80.8 Å². The number of anilines is 1. The second kappa shape index (κ2) is 13.2. The van der Waals surface area contributed by atoms with Gasteiger partial charge in [-0.1, -0.05) is 41.8 Å². The molecule has 1 amide bonds. The molecule has 3 aromatic carbocycles. The topological polar surface area (TPSA) is 113 Å². The molecule has 12 heteroatoms. The van der Waals surface area contributed by atoms with Crippen LogP contribution in [0.3, 0.4) is 0 Å². The number of halogens is 1. The fraction of sp³-hybridized carbons (Fsp3) is 0.345. The highest BCUT2D eigenvalue weighted by Gasteiger charge is 2.28. The van der Waals surface area contributed by atoms with Crippen LogP contribution in [0.5, 0.6) is 5.75 Å². The highest BCUT2D eigenvalue weighted by atomic mass is 35.5. The summed E-state index contributed by atoms with van der Waals surface area (Å²) in [6.07, 6.45) is 2.76. The minimum atomic E-state index is -4.06. The number of amides is 1. The Bertz CT molecular complexity index is 1570. The Morgan fingerprint density at radius 2 is 1.54 bits per heavy atom. The van der Waals surface area contributed by atoms with Crippen LogP contribution < -0.4 is 14.4 Å². The highest BCUT2D eigenvalue weighted by molar-refractivity contribution is 7.92. The largest absolute Gasteiger partial charge is 0.492 e. The molecule has 0 atom stereocenters. The number of carbonyl (C=O) groups excluding carboxylic acids is 1. The normalized spacial score (nSPS) is 14.4. The summed E-state index contributed by atoms with van der Waals surface area (Å²) in [6.45, 7) is 4.47. The summed E-state index contributed by atoms with van der Waals surface area (Å²) in [5.41, 5.74) is 1.96. The predicted octanol–water partition coefficient (Wildman–Crippen LogP) is 4.52. The lowest BCUT2D eigenvalue weighted by Gasteiger charge is -2.25. The monoisotopic (exact) mass is 619 g/mol. The van der Waals surface area contributed by atoms with Crippen molar-refractivity contribution < 1.29 is 26.4 Å². The smallest absolute Gasteiger partial charge is 0.264 e. The maximum atomic E-state index is 13.5. The molecule has 1 aliphatic heterocycles.